The van der Waals surface area contributed by atoms with Gasteiger partial charge in [0.1, 0.15) is 42.7 Å². The van der Waals surface area contributed by atoms with Gasteiger partial charge in [0.25, 0.3) is 0 Å². The highest BCUT2D eigenvalue weighted by molar-refractivity contribution is 7.80. The number of amidine groups is 1. The number of aliphatic hydroxyl groups is 3. The van der Waals surface area contributed by atoms with E-state index in [1.165, 1.54) is 30.9 Å². The molecule has 0 radical (unpaired) electrons. The molecule has 0 aromatic rings. The van der Waals surface area contributed by atoms with Crippen LogP contribution in [0.5, 0.6) is 0 Å². The Morgan fingerprint density at radius 1 is 1.17 bits per heavy atom. The topological polar surface area (TPSA) is 364 Å². The Hall–Kier alpha value is -1.99. The lowest BCUT2D eigenvalue weighted by Crippen LogP contribution is -2.59. The summed E-state index contributed by atoms with van der Waals surface area (Å²) in [6.45, 7) is 2.05. The molecule has 11 N–H and O–H groups in total. The summed E-state index contributed by atoms with van der Waals surface area (Å²) in [5.41, 5.74) is 2.86. The zero-order valence-electron chi connectivity index (χ0n) is 29.2. The maximum Gasteiger partial charge on any atom is 0.481 e. The largest absolute Gasteiger partial charge is 0.481 e. The molecule has 0 aromatic carbocycles. The fourth-order valence-corrected chi connectivity index (χ4v) is 8.07. The third-order valence-electron chi connectivity index (χ3n) is 7.99. The van der Waals surface area contributed by atoms with E-state index < -0.39 is 90.4 Å². The molecule has 5 unspecified atom stereocenters. The van der Waals surface area contributed by atoms with Crippen LogP contribution in [0.1, 0.15) is 33.6 Å². The first kappa shape index (κ1) is 46.4. The molecule has 3 aliphatic heterocycles. The molecule has 0 aromatic heterocycles. The number of hydrogen-bond donors (Lipinski definition) is 11. The fourth-order valence-electron chi connectivity index (χ4n) is 5.13. The smallest absolute Gasteiger partial charge is 0.389 e. The van der Waals surface area contributed by atoms with Crippen LogP contribution in [0.15, 0.2) is 27.1 Å². The van der Waals surface area contributed by atoms with Gasteiger partial charge in [-0.15, -0.1) is 0 Å². The number of nitrogens with zero attached hydrogens (tertiary/aromatic N) is 4. The van der Waals surface area contributed by atoms with Gasteiger partial charge in [0.15, 0.2) is 11.5 Å². The Bertz CT molecular complexity index is 1630. The first-order valence-electron chi connectivity index (χ1n) is 16.1. The van der Waals surface area contributed by atoms with E-state index in [2.05, 4.69) is 42.6 Å². The van der Waals surface area contributed by atoms with Gasteiger partial charge in [-0.1, -0.05) is 26.8 Å². The summed E-state index contributed by atoms with van der Waals surface area (Å²) in [6, 6.07) is 0. The number of carbonyl (C=O) groups excluding carboxylic acids is 2. The first-order valence-corrected chi connectivity index (χ1v) is 21.3. The highest BCUT2D eigenvalue weighted by Crippen LogP contribution is 2.61. The monoisotopic (exact) mass is 853 g/mol. The Morgan fingerprint density at radius 2 is 1.83 bits per heavy atom. The molecule has 1 saturated heterocycles. The van der Waals surface area contributed by atoms with Crippen molar-refractivity contribution in [3.05, 3.63) is 12.2 Å². The number of thiol groups is 1. The van der Waals surface area contributed by atoms with Crippen molar-refractivity contribution in [3.63, 3.8) is 0 Å². The molecular formula is C26H46N7O17P3S. The number of rotatable bonds is 21. The molecule has 24 nitrogen and oxygen atoms in total. The first-order chi connectivity index (χ1) is 25.0. The number of nitrogens with two attached hydrogens (primary N) is 1. The van der Waals surface area contributed by atoms with Gasteiger partial charge in [0.05, 0.1) is 26.0 Å². The normalized spacial score (nSPS) is 28.1. The van der Waals surface area contributed by atoms with E-state index in [1.54, 1.807) is 6.92 Å². The number of hydrogen-bond acceptors (Lipinski definition) is 19. The van der Waals surface area contributed by atoms with E-state index in [-0.39, 0.29) is 37.1 Å². The van der Waals surface area contributed by atoms with Gasteiger partial charge in [-0.05, 0) is 12.5 Å². The summed E-state index contributed by atoms with van der Waals surface area (Å²) >= 11 is 3.96. The van der Waals surface area contributed by atoms with Gasteiger partial charge in [0.2, 0.25) is 11.8 Å². The van der Waals surface area contributed by atoms with E-state index in [0.29, 0.717) is 18.7 Å². The summed E-state index contributed by atoms with van der Waals surface area (Å²) in [5.74, 6) is -1.00. The molecule has 308 valence electrons. The third-order valence-corrected chi connectivity index (χ3v) is 11.3. The van der Waals surface area contributed by atoms with Gasteiger partial charge < -0.3 is 56.0 Å². The lowest BCUT2D eigenvalue weighted by atomic mass is 9.87. The average molecular weight is 854 g/mol. The Balaban J connectivity index is 1.68. The molecule has 1 fully saturated rings. The van der Waals surface area contributed by atoms with Crippen LogP contribution in [0.3, 0.4) is 0 Å². The van der Waals surface area contributed by atoms with Crippen LogP contribution in [0.2, 0.25) is 0 Å². The Morgan fingerprint density at radius 3 is 2.46 bits per heavy atom. The number of nitrogens with one attached hydrogen (secondary N) is 2. The van der Waals surface area contributed by atoms with Crippen LogP contribution < -0.4 is 16.4 Å². The van der Waals surface area contributed by atoms with Crippen LogP contribution in [-0.2, 0) is 45.9 Å². The number of amides is 2. The maximum absolute atomic E-state index is 12.8. The average Bonchev–Trinajstić information content (AvgIpc) is 3.60. The zero-order valence-corrected chi connectivity index (χ0v) is 32.8. The van der Waals surface area contributed by atoms with Gasteiger partial charge >= 0.3 is 23.5 Å². The van der Waals surface area contributed by atoms with Crippen molar-refractivity contribution in [2.75, 3.05) is 38.7 Å². The summed E-state index contributed by atoms with van der Waals surface area (Å²) in [7, 11) is -16.5. The minimum atomic E-state index is -5.60. The maximum atomic E-state index is 12.8. The van der Waals surface area contributed by atoms with Crippen LogP contribution >= 0.6 is 36.1 Å². The molecule has 2 amide bonds. The molecular weight excluding hydrogens is 807 g/mol. The number of aliphatic imine (C=N–C) groups is 3. The number of ether oxygens (including phenoxy) is 1. The van der Waals surface area contributed by atoms with E-state index in [4.69, 9.17) is 24.0 Å². The van der Waals surface area contributed by atoms with Crippen LogP contribution in [-0.4, -0.2) is 151 Å². The lowest BCUT2D eigenvalue weighted by molar-refractivity contribution is -0.137. The molecule has 0 spiro atoms. The van der Waals surface area contributed by atoms with E-state index in [1.807, 2.05) is 0 Å². The van der Waals surface area contributed by atoms with Crippen molar-refractivity contribution in [2.45, 2.75) is 76.0 Å². The highest BCUT2D eigenvalue weighted by atomic mass is 32.1. The second-order valence-corrected chi connectivity index (χ2v) is 17.3. The van der Waals surface area contributed by atoms with Gasteiger partial charge in [-0.2, -0.15) is 16.9 Å². The second kappa shape index (κ2) is 19.0. The third kappa shape index (κ3) is 12.5. The molecule has 3 aliphatic rings. The number of fused-ring (bicyclic) bond motifs is 1. The Kier molecular flexibility index (Phi) is 16.3. The van der Waals surface area contributed by atoms with Gasteiger partial charge in [-0.3, -0.25) is 28.2 Å². The second-order valence-electron chi connectivity index (χ2n) is 12.6. The summed E-state index contributed by atoms with van der Waals surface area (Å²) in [4.78, 5) is 77.5. The van der Waals surface area contributed by atoms with Crippen molar-refractivity contribution >= 4 is 65.8 Å². The number of carbonyl (C=O) groups is 2. The van der Waals surface area contributed by atoms with Crippen molar-refractivity contribution < 1.29 is 80.8 Å². The van der Waals surface area contributed by atoms with Crippen LogP contribution in [0.4, 0.5) is 0 Å². The summed E-state index contributed by atoms with van der Waals surface area (Å²) in [6.07, 6.45) is -6.01. The minimum absolute atomic E-state index is 0.0739. The SMILES string of the molecule is CCC(O)C=CC12N=CN=C(N)C1=NCN2[C@@H]1O[C@H](COP(=O)(O)OP(=O)(O)OCC(C)(C)C(O)C(=O)NCCC(=O)NCCS)[C@@H](OP(=O)(O)O)[C@H]1O. The fraction of sp³-hybridized carbons (Fsp3) is 0.731. The predicted octanol–water partition coefficient (Wildman–Crippen LogP) is -2.12. The highest BCUT2D eigenvalue weighted by Gasteiger charge is 2.58. The molecule has 54 heavy (non-hydrogen) atoms. The van der Waals surface area contributed by atoms with Crippen molar-refractivity contribution in [2.24, 2.45) is 26.1 Å². The van der Waals surface area contributed by atoms with E-state index >= 15 is 0 Å². The molecule has 28 heteroatoms. The molecule has 9 atom stereocenters. The number of phosphoric ester groups is 3. The van der Waals surface area contributed by atoms with Crippen LogP contribution in [0.25, 0.3) is 0 Å². The number of aliphatic hydroxyl groups excluding tert-OH is 3. The van der Waals surface area contributed by atoms with Crippen molar-refractivity contribution in [1.82, 2.24) is 15.5 Å². The molecule has 0 saturated carbocycles. The Labute approximate surface area is 314 Å². The van der Waals surface area contributed by atoms with Crippen molar-refractivity contribution in [3.8, 4) is 0 Å². The predicted molar refractivity (Wildman–Crippen MR) is 191 cm³/mol. The zero-order chi connectivity index (χ0) is 40.7. The van der Waals surface area contributed by atoms with E-state index in [0.717, 1.165) is 6.34 Å². The van der Waals surface area contributed by atoms with E-state index in [9.17, 15) is 58.2 Å². The standard InChI is InChI=1S/C26H46N7O17P3S/c1-4-15(34)5-7-26-20(22(27)30-13-32-26)31-14-33(26)24-18(36)19(49-51(39,40)41)16(48-24)11-46-52(42,43)50-53(44,45)47-12-25(2,3)21(37)23(38)29-8-6-17(35)28-9-10-54/h5,7,13,15-16,18-19,21,24,34,36-37,54H,4,6,8-12,14H2,1-3H3,(H,28,35)(H,29,38)(H,42,43)(H,44,45)(H2,27,30,32)(H2,39,40,41)/t15?,16-,18-,19-,21?,24-,26?/m1/s1. The lowest BCUT2D eigenvalue weighted by Gasteiger charge is -2.38. The molecule has 3 rings (SSSR count). The summed E-state index contributed by atoms with van der Waals surface area (Å²) < 4.78 is 61.7. The van der Waals surface area contributed by atoms with Gasteiger partial charge in [-0.25, -0.2) is 28.6 Å². The number of phosphoric acid groups is 3. The quantitative estimate of drug-likeness (QED) is 0.0334. The summed E-state index contributed by atoms with van der Waals surface area (Å²) in [5, 5.41) is 36.7. The van der Waals surface area contributed by atoms with Gasteiger partial charge in [0, 0.05) is 30.7 Å². The molecule has 0 bridgehead atoms. The molecule has 3 heterocycles. The molecule has 0 aliphatic carbocycles. The van der Waals surface area contributed by atoms with Crippen molar-refractivity contribution in [1.29, 1.82) is 0 Å². The van der Waals surface area contributed by atoms with Crippen LogP contribution in [0, 0.1) is 5.41 Å². The minimum Gasteiger partial charge on any atom is -0.389 e.